The molecule has 0 saturated heterocycles. The van der Waals surface area contributed by atoms with Gasteiger partial charge in [0.25, 0.3) is 0 Å². The number of carbonyl (C=O) groups is 1. The van der Waals surface area contributed by atoms with E-state index in [1.807, 2.05) is 62.6 Å². The Kier molecular flexibility index (Phi) is 4.87. The molecule has 0 unspecified atom stereocenters. The molecule has 2 aliphatic rings. The predicted molar refractivity (Wildman–Crippen MR) is 121 cm³/mol. The van der Waals surface area contributed by atoms with Gasteiger partial charge in [0.15, 0.2) is 11.5 Å². The first kappa shape index (κ1) is 19.6. The summed E-state index contributed by atoms with van der Waals surface area (Å²) in [6.45, 7) is 1.05. The smallest absolute Gasteiger partial charge is 0.236 e. The van der Waals surface area contributed by atoms with Crippen molar-refractivity contribution in [3.05, 3.63) is 71.8 Å². The largest absolute Gasteiger partial charge is 0.454 e. The van der Waals surface area contributed by atoms with Crippen molar-refractivity contribution in [3.8, 4) is 22.8 Å². The summed E-state index contributed by atoms with van der Waals surface area (Å²) in [6.07, 6.45) is 1.62. The maximum absolute atomic E-state index is 13.2. The number of aromatic nitrogens is 1. The molecule has 160 valence electrons. The van der Waals surface area contributed by atoms with Gasteiger partial charge in [-0.15, -0.1) is 0 Å². The van der Waals surface area contributed by atoms with Gasteiger partial charge in [-0.1, -0.05) is 36.4 Å². The number of nitrogens with one attached hydrogen (secondary N) is 1. The summed E-state index contributed by atoms with van der Waals surface area (Å²) in [7, 11) is 4.10. The second-order valence-corrected chi connectivity index (χ2v) is 8.41. The number of nitrogens with zero attached hydrogens (tertiary/aromatic N) is 2. The number of amides is 1. The Labute approximate surface area is 183 Å². The summed E-state index contributed by atoms with van der Waals surface area (Å²) in [5.74, 6) is 1.96. The zero-order chi connectivity index (χ0) is 21.4. The Bertz CT molecular complexity index is 1140. The van der Waals surface area contributed by atoms with Gasteiger partial charge in [-0.3, -0.25) is 4.79 Å². The van der Waals surface area contributed by atoms with Crippen LogP contribution in [0.15, 0.2) is 60.7 Å². The molecule has 6 nitrogen and oxygen atoms in total. The Hall–Kier alpha value is -3.38. The van der Waals surface area contributed by atoms with Gasteiger partial charge in [0.1, 0.15) is 5.82 Å². The van der Waals surface area contributed by atoms with Crippen molar-refractivity contribution in [1.82, 2.24) is 9.88 Å². The molecule has 1 fully saturated rings. The molecule has 6 heteroatoms. The molecule has 1 amide bonds. The van der Waals surface area contributed by atoms with Crippen molar-refractivity contribution in [2.75, 3.05) is 26.2 Å². The lowest BCUT2D eigenvalue weighted by Crippen LogP contribution is -2.28. The normalized spacial score (nSPS) is 15.7. The Morgan fingerprint density at radius 1 is 1.06 bits per heavy atom. The average molecular weight is 418 g/mol. The number of ether oxygens (including phenoxy) is 2. The molecule has 2 aromatic carbocycles. The van der Waals surface area contributed by atoms with Gasteiger partial charge in [-0.05, 0) is 62.3 Å². The summed E-state index contributed by atoms with van der Waals surface area (Å²) in [4.78, 5) is 20.1. The van der Waals surface area contributed by atoms with Crippen LogP contribution in [0, 0.1) is 0 Å². The fourth-order valence-electron chi connectivity index (χ4n) is 4.11. The molecule has 31 heavy (non-hydrogen) atoms. The van der Waals surface area contributed by atoms with Crippen LogP contribution in [-0.2, 0) is 16.8 Å². The molecule has 1 aliphatic heterocycles. The minimum Gasteiger partial charge on any atom is -0.454 e. The number of benzene rings is 2. The third-order valence-corrected chi connectivity index (χ3v) is 5.88. The molecular weight excluding hydrogens is 390 g/mol. The van der Waals surface area contributed by atoms with Crippen LogP contribution in [0.3, 0.4) is 0 Å². The van der Waals surface area contributed by atoms with Gasteiger partial charge in [0, 0.05) is 13.5 Å². The van der Waals surface area contributed by atoms with Crippen LogP contribution in [0.4, 0.5) is 5.82 Å². The first-order valence-electron chi connectivity index (χ1n) is 10.5. The minimum absolute atomic E-state index is 0. The van der Waals surface area contributed by atoms with Gasteiger partial charge in [0.05, 0.1) is 11.1 Å². The van der Waals surface area contributed by atoms with Gasteiger partial charge in [0.2, 0.25) is 12.7 Å². The SMILES string of the molecule is CN(C)Cc1ccccc1-c1cccc(NC(=O)C2(c3ccc4c(c3)OCO4)CC2)n1.[HH]. The lowest BCUT2D eigenvalue weighted by Gasteiger charge is -2.17. The van der Waals surface area contributed by atoms with Crippen LogP contribution >= 0.6 is 0 Å². The van der Waals surface area contributed by atoms with E-state index in [4.69, 9.17) is 14.5 Å². The van der Waals surface area contributed by atoms with E-state index in [0.717, 1.165) is 42.0 Å². The van der Waals surface area contributed by atoms with Crippen LogP contribution in [0.25, 0.3) is 11.3 Å². The van der Waals surface area contributed by atoms with Crippen molar-refractivity contribution >= 4 is 11.7 Å². The molecule has 5 rings (SSSR count). The zero-order valence-corrected chi connectivity index (χ0v) is 17.7. The van der Waals surface area contributed by atoms with E-state index < -0.39 is 5.41 Å². The van der Waals surface area contributed by atoms with Crippen molar-refractivity contribution in [1.29, 1.82) is 0 Å². The number of fused-ring (bicyclic) bond motifs is 1. The Morgan fingerprint density at radius 3 is 2.68 bits per heavy atom. The summed E-state index contributed by atoms with van der Waals surface area (Å²) >= 11 is 0. The standard InChI is InChI=1S/C25H25N3O3.H2/c1-28(2)15-17-6-3-4-7-19(17)20-8-5-9-23(26-20)27-24(29)25(12-13-25)18-10-11-21-22(14-18)31-16-30-21;/h3-11,14H,12-13,15-16H2,1-2H3,(H,26,27,29);1H. The van der Waals surface area contributed by atoms with E-state index in [9.17, 15) is 4.79 Å². The summed E-state index contributed by atoms with van der Waals surface area (Å²) in [5.41, 5.74) is 3.55. The molecule has 3 aromatic rings. The number of pyridine rings is 1. The van der Waals surface area contributed by atoms with Crippen molar-refractivity contribution in [3.63, 3.8) is 0 Å². The molecule has 2 heterocycles. The topological polar surface area (TPSA) is 63.7 Å². The number of carbonyl (C=O) groups excluding carboxylic acids is 1. The molecule has 1 N–H and O–H groups in total. The third-order valence-electron chi connectivity index (χ3n) is 5.88. The molecule has 1 aromatic heterocycles. The van der Waals surface area contributed by atoms with Gasteiger partial charge >= 0.3 is 0 Å². The number of anilines is 1. The molecule has 0 bridgehead atoms. The first-order valence-corrected chi connectivity index (χ1v) is 10.5. The van der Waals surface area contributed by atoms with E-state index in [0.29, 0.717) is 11.6 Å². The molecule has 1 saturated carbocycles. The monoisotopic (exact) mass is 417 g/mol. The van der Waals surface area contributed by atoms with Crippen LogP contribution in [-0.4, -0.2) is 36.7 Å². The summed E-state index contributed by atoms with van der Waals surface area (Å²) in [6, 6.07) is 19.8. The highest BCUT2D eigenvalue weighted by molar-refractivity contribution is 6.01. The lowest BCUT2D eigenvalue weighted by molar-refractivity contribution is -0.118. The lowest BCUT2D eigenvalue weighted by atomic mass is 9.94. The van der Waals surface area contributed by atoms with Crippen LogP contribution in [0.1, 0.15) is 25.4 Å². The summed E-state index contributed by atoms with van der Waals surface area (Å²) < 4.78 is 10.9. The zero-order valence-electron chi connectivity index (χ0n) is 17.7. The van der Waals surface area contributed by atoms with E-state index in [-0.39, 0.29) is 14.1 Å². The number of hydrogen-bond acceptors (Lipinski definition) is 5. The maximum Gasteiger partial charge on any atom is 0.236 e. The second-order valence-electron chi connectivity index (χ2n) is 8.41. The van der Waals surface area contributed by atoms with E-state index in [1.165, 1.54) is 5.56 Å². The predicted octanol–water partition coefficient (Wildman–Crippen LogP) is 4.46. The summed E-state index contributed by atoms with van der Waals surface area (Å²) in [5, 5.41) is 3.05. The van der Waals surface area contributed by atoms with Crippen LogP contribution in [0.2, 0.25) is 0 Å². The fourth-order valence-corrected chi connectivity index (χ4v) is 4.11. The Balaban J connectivity index is 0.00000245. The maximum atomic E-state index is 13.2. The molecule has 0 spiro atoms. The van der Waals surface area contributed by atoms with Gasteiger partial charge < -0.3 is 19.7 Å². The van der Waals surface area contributed by atoms with Crippen molar-refractivity contribution in [2.24, 2.45) is 0 Å². The fraction of sp³-hybridized carbons (Fsp3) is 0.280. The van der Waals surface area contributed by atoms with Crippen molar-refractivity contribution in [2.45, 2.75) is 24.8 Å². The average Bonchev–Trinajstić information content (AvgIpc) is 3.45. The molecule has 1 aliphatic carbocycles. The number of rotatable bonds is 6. The van der Waals surface area contributed by atoms with Crippen molar-refractivity contribution < 1.29 is 15.7 Å². The molecule has 0 atom stereocenters. The highest BCUT2D eigenvalue weighted by Crippen LogP contribution is 2.51. The van der Waals surface area contributed by atoms with Gasteiger partial charge in [-0.2, -0.15) is 0 Å². The first-order chi connectivity index (χ1) is 15.0. The highest BCUT2D eigenvalue weighted by Gasteiger charge is 2.51. The second kappa shape index (κ2) is 7.71. The highest BCUT2D eigenvalue weighted by atomic mass is 16.7. The Morgan fingerprint density at radius 2 is 1.87 bits per heavy atom. The number of hydrogen-bond donors (Lipinski definition) is 1. The van der Waals surface area contributed by atoms with E-state index in [1.54, 1.807) is 0 Å². The van der Waals surface area contributed by atoms with Crippen LogP contribution < -0.4 is 14.8 Å². The van der Waals surface area contributed by atoms with E-state index in [2.05, 4.69) is 22.3 Å². The quantitative estimate of drug-likeness (QED) is 0.642. The molecule has 0 radical (unpaired) electrons. The van der Waals surface area contributed by atoms with E-state index >= 15 is 0 Å². The third kappa shape index (κ3) is 3.75. The minimum atomic E-state index is -0.526. The van der Waals surface area contributed by atoms with Crippen LogP contribution in [0.5, 0.6) is 11.5 Å². The molecular formula is C25H27N3O3. The van der Waals surface area contributed by atoms with Gasteiger partial charge in [-0.25, -0.2) is 4.98 Å².